The molecule has 0 amide bonds. The van der Waals surface area contributed by atoms with E-state index in [4.69, 9.17) is 0 Å². The summed E-state index contributed by atoms with van der Waals surface area (Å²) in [5.41, 5.74) is 4.44. The molecule has 0 atom stereocenters. The topological polar surface area (TPSA) is 30.7 Å². The van der Waals surface area contributed by atoms with Crippen LogP contribution in [-0.4, -0.2) is 20.3 Å². The molecule has 1 aromatic heterocycles. The monoisotopic (exact) mass is 327 g/mol. The summed E-state index contributed by atoms with van der Waals surface area (Å²) in [6.45, 7) is 0. The predicted octanol–water partition coefficient (Wildman–Crippen LogP) is 3.87. The van der Waals surface area contributed by atoms with E-state index in [0.29, 0.717) is 0 Å². The molecule has 0 saturated heterocycles. The van der Waals surface area contributed by atoms with Crippen LogP contribution in [0.15, 0.2) is 60.8 Å². The quantitative estimate of drug-likeness (QED) is 0.681. The van der Waals surface area contributed by atoms with Crippen molar-refractivity contribution in [3.8, 4) is 16.8 Å². The van der Waals surface area contributed by atoms with Crippen LogP contribution in [0.3, 0.4) is 0 Å². The second kappa shape index (κ2) is 6.01. The van der Waals surface area contributed by atoms with Crippen LogP contribution in [0.25, 0.3) is 16.8 Å². The lowest BCUT2D eigenvalue weighted by atomic mass is 10.1. The minimum atomic E-state index is 0.891. The van der Waals surface area contributed by atoms with Gasteiger partial charge in [0, 0.05) is 11.8 Å². The van der Waals surface area contributed by atoms with Gasteiger partial charge < -0.3 is 0 Å². The van der Waals surface area contributed by atoms with E-state index in [1.54, 1.807) is 0 Å². The van der Waals surface area contributed by atoms with Crippen molar-refractivity contribution in [1.29, 1.82) is 0 Å². The standard InChI is InChI=1S/C16H14BrN3/c17-11-10-15-12-20(19-18-15)16-8-6-14(7-9-16)13-4-2-1-3-5-13/h1-9,12H,10-11H2. The number of alkyl halides is 1. The first-order valence-electron chi connectivity index (χ1n) is 6.50. The summed E-state index contributed by atoms with van der Waals surface area (Å²) >= 11 is 3.41. The summed E-state index contributed by atoms with van der Waals surface area (Å²) in [5, 5.41) is 9.20. The minimum Gasteiger partial charge on any atom is -0.220 e. The predicted molar refractivity (Wildman–Crippen MR) is 84.3 cm³/mol. The molecule has 0 saturated carbocycles. The Morgan fingerprint density at radius 3 is 2.30 bits per heavy atom. The number of rotatable bonds is 4. The number of aryl methyl sites for hydroxylation is 1. The van der Waals surface area contributed by atoms with Crippen LogP contribution in [0.5, 0.6) is 0 Å². The number of hydrogen-bond donors (Lipinski definition) is 0. The van der Waals surface area contributed by atoms with Crippen LogP contribution in [0.4, 0.5) is 0 Å². The van der Waals surface area contributed by atoms with Crippen molar-refractivity contribution in [2.24, 2.45) is 0 Å². The van der Waals surface area contributed by atoms with Crippen LogP contribution in [0.2, 0.25) is 0 Å². The molecular formula is C16H14BrN3. The van der Waals surface area contributed by atoms with Crippen LogP contribution in [0.1, 0.15) is 5.69 Å². The molecule has 0 unspecified atom stereocenters. The molecule has 0 fully saturated rings. The zero-order valence-corrected chi connectivity index (χ0v) is 12.5. The Balaban J connectivity index is 1.85. The van der Waals surface area contributed by atoms with E-state index in [0.717, 1.165) is 23.1 Å². The molecule has 0 bridgehead atoms. The normalized spacial score (nSPS) is 10.7. The van der Waals surface area contributed by atoms with Crippen molar-refractivity contribution in [2.45, 2.75) is 6.42 Å². The van der Waals surface area contributed by atoms with E-state index in [9.17, 15) is 0 Å². The van der Waals surface area contributed by atoms with Gasteiger partial charge in [-0.3, -0.25) is 0 Å². The molecule has 3 rings (SSSR count). The lowest BCUT2D eigenvalue weighted by Crippen LogP contribution is -1.94. The fraction of sp³-hybridized carbons (Fsp3) is 0.125. The molecule has 0 aliphatic carbocycles. The first-order chi connectivity index (χ1) is 9.86. The van der Waals surface area contributed by atoms with Gasteiger partial charge >= 0.3 is 0 Å². The third kappa shape index (κ3) is 2.80. The van der Waals surface area contributed by atoms with E-state index < -0.39 is 0 Å². The zero-order valence-electron chi connectivity index (χ0n) is 10.9. The third-order valence-electron chi connectivity index (χ3n) is 3.13. The van der Waals surface area contributed by atoms with Crippen molar-refractivity contribution in [2.75, 3.05) is 5.33 Å². The molecule has 1 heterocycles. The molecule has 20 heavy (non-hydrogen) atoms. The lowest BCUT2D eigenvalue weighted by Gasteiger charge is -2.03. The largest absolute Gasteiger partial charge is 0.220 e. The Morgan fingerprint density at radius 2 is 1.60 bits per heavy atom. The van der Waals surface area contributed by atoms with Gasteiger partial charge in [0.2, 0.25) is 0 Å². The smallest absolute Gasteiger partial charge is 0.0840 e. The Bertz CT molecular complexity index is 674. The zero-order chi connectivity index (χ0) is 13.8. The number of hydrogen-bond acceptors (Lipinski definition) is 2. The summed E-state index contributed by atoms with van der Waals surface area (Å²) in [6.07, 6.45) is 2.86. The summed E-state index contributed by atoms with van der Waals surface area (Å²) in [6, 6.07) is 18.7. The Labute approximate surface area is 126 Å². The number of nitrogens with zero attached hydrogens (tertiary/aromatic N) is 3. The fourth-order valence-corrected chi connectivity index (χ4v) is 2.48. The molecule has 2 aromatic carbocycles. The molecule has 3 nitrogen and oxygen atoms in total. The summed E-state index contributed by atoms with van der Waals surface area (Å²) in [5.74, 6) is 0. The van der Waals surface area contributed by atoms with Crippen molar-refractivity contribution in [3.63, 3.8) is 0 Å². The molecule has 0 spiro atoms. The first kappa shape index (κ1) is 13.1. The van der Waals surface area contributed by atoms with Gasteiger partial charge in [0.15, 0.2) is 0 Å². The Morgan fingerprint density at radius 1 is 0.900 bits per heavy atom. The number of benzene rings is 2. The molecular weight excluding hydrogens is 314 g/mol. The molecule has 4 heteroatoms. The average Bonchev–Trinajstić information content (AvgIpc) is 2.97. The molecule has 0 aliphatic heterocycles. The van der Waals surface area contributed by atoms with Gasteiger partial charge in [-0.1, -0.05) is 63.6 Å². The van der Waals surface area contributed by atoms with Gasteiger partial charge in [0.05, 0.1) is 17.6 Å². The van der Waals surface area contributed by atoms with Crippen molar-refractivity contribution in [1.82, 2.24) is 15.0 Å². The summed E-state index contributed by atoms with van der Waals surface area (Å²) in [7, 11) is 0. The highest BCUT2D eigenvalue weighted by molar-refractivity contribution is 9.09. The molecule has 0 aliphatic rings. The van der Waals surface area contributed by atoms with E-state index >= 15 is 0 Å². The molecule has 0 radical (unpaired) electrons. The number of halogens is 1. The second-order valence-corrected chi connectivity index (χ2v) is 5.30. The molecule has 0 N–H and O–H groups in total. The van der Waals surface area contributed by atoms with E-state index in [-0.39, 0.29) is 0 Å². The maximum absolute atomic E-state index is 4.15. The first-order valence-corrected chi connectivity index (χ1v) is 7.62. The third-order valence-corrected chi connectivity index (χ3v) is 3.53. The van der Waals surface area contributed by atoms with Crippen LogP contribution >= 0.6 is 15.9 Å². The lowest BCUT2D eigenvalue weighted by molar-refractivity contribution is 0.798. The highest BCUT2D eigenvalue weighted by atomic mass is 79.9. The van der Waals surface area contributed by atoms with E-state index in [1.165, 1.54) is 11.1 Å². The van der Waals surface area contributed by atoms with Crippen LogP contribution in [-0.2, 0) is 6.42 Å². The average molecular weight is 328 g/mol. The van der Waals surface area contributed by atoms with Crippen molar-refractivity contribution >= 4 is 15.9 Å². The highest BCUT2D eigenvalue weighted by Crippen LogP contribution is 2.20. The molecule has 3 aromatic rings. The Hall–Kier alpha value is -1.94. The fourth-order valence-electron chi connectivity index (χ4n) is 2.07. The van der Waals surface area contributed by atoms with Gasteiger partial charge in [0.25, 0.3) is 0 Å². The van der Waals surface area contributed by atoms with Crippen LogP contribution < -0.4 is 0 Å². The van der Waals surface area contributed by atoms with Gasteiger partial charge in [0.1, 0.15) is 0 Å². The maximum atomic E-state index is 4.15. The SMILES string of the molecule is BrCCc1cn(-c2ccc(-c3ccccc3)cc2)nn1. The summed E-state index contributed by atoms with van der Waals surface area (Å²) in [4.78, 5) is 0. The molecule has 100 valence electrons. The highest BCUT2D eigenvalue weighted by Gasteiger charge is 2.03. The maximum Gasteiger partial charge on any atom is 0.0840 e. The van der Waals surface area contributed by atoms with E-state index in [2.05, 4.69) is 62.6 Å². The van der Waals surface area contributed by atoms with Gasteiger partial charge in [-0.25, -0.2) is 4.68 Å². The number of aromatic nitrogens is 3. The Kier molecular flexibility index (Phi) is 3.92. The minimum absolute atomic E-state index is 0.891. The second-order valence-electron chi connectivity index (χ2n) is 4.51. The van der Waals surface area contributed by atoms with Crippen LogP contribution in [0, 0.1) is 0 Å². The van der Waals surface area contributed by atoms with Gasteiger partial charge in [-0.05, 0) is 23.3 Å². The van der Waals surface area contributed by atoms with Crippen molar-refractivity contribution < 1.29 is 0 Å². The van der Waals surface area contributed by atoms with Gasteiger partial charge in [-0.2, -0.15) is 0 Å². The van der Waals surface area contributed by atoms with Crippen molar-refractivity contribution in [3.05, 3.63) is 66.5 Å². The summed E-state index contributed by atoms with van der Waals surface area (Å²) < 4.78 is 1.81. The van der Waals surface area contributed by atoms with E-state index in [1.807, 2.05) is 29.1 Å². The van der Waals surface area contributed by atoms with Gasteiger partial charge in [-0.15, -0.1) is 5.10 Å².